The molecule has 29 heavy (non-hydrogen) atoms. The molecule has 0 aromatic carbocycles. The standard InChI is InChI=1S/C21H36N6OS/c1-6-25(7-2)12-8-11-22-18(28)16-9-13-26(14-10-16)20-24-27-15-17(21(3,4)5)23-19(27)29-20/h15-16H,6-14H2,1-5H3,(H,22,28). The molecule has 1 N–H and O–H groups in total. The molecule has 3 rings (SSSR count). The van der Waals surface area contributed by atoms with Crippen LogP contribution in [-0.4, -0.2) is 64.7 Å². The SMILES string of the molecule is CCN(CC)CCCNC(=O)C1CCN(c2nn3cc(C(C)(C)C)nc3s2)CC1. The van der Waals surface area contributed by atoms with Crippen LogP contribution < -0.4 is 10.2 Å². The number of carbonyl (C=O) groups is 1. The minimum Gasteiger partial charge on any atom is -0.356 e. The van der Waals surface area contributed by atoms with Gasteiger partial charge >= 0.3 is 0 Å². The molecule has 1 amide bonds. The van der Waals surface area contributed by atoms with Crippen molar-refractivity contribution < 1.29 is 4.79 Å². The Morgan fingerprint density at radius 1 is 1.28 bits per heavy atom. The van der Waals surface area contributed by atoms with Crippen LogP contribution in [0.15, 0.2) is 6.20 Å². The molecule has 0 saturated carbocycles. The first-order chi connectivity index (χ1) is 13.8. The number of fused-ring (bicyclic) bond motifs is 1. The van der Waals surface area contributed by atoms with Crippen molar-refractivity contribution >= 4 is 27.3 Å². The van der Waals surface area contributed by atoms with E-state index in [-0.39, 0.29) is 17.2 Å². The molecule has 0 atom stereocenters. The number of imidazole rings is 1. The average molecular weight is 421 g/mol. The molecule has 1 fully saturated rings. The van der Waals surface area contributed by atoms with Crippen LogP contribution in [0.2, 0.25) is 0 Å². The summed E-state index contributed by atoms with van der Waals surface area (Å²) in [6, 6.07) is 0. The van der Waals surface area contributed by atoms with Gasteiger partial charge in [-0.15, -0.1) is 5.10 Å². The van der Waals surface area contributed by atoms with E-state index in [1.54, 1.807) is 11.3 Å². The Hall–Kier alpha value is -1.67. The normalized spacial score (nSPS) is 16.1. The van der Waals surface area contributed by atoms with Crippen LogP contribution in [0.25, 0.3) is 4.96 Å². The summed E-state index contributed by atoms with van der Waals surface area (Å²) < 4.78 is 1.90. The van der Waals surface area contributed by atoms with E-state index in [4.69, 9.17) is 10.1 Å². The summed E-state index contributed by atoms with van der Waals surface area (Å²) in [4.78, 5) is 22.8. The Balaban J connectivity index is 1.45. The van der Waals surface area contributed by atoms with Crippen LogP contribution >= 0.6 is 11.3 Å². The van der Waals surface area contributed by atoms with Crippen LogP contribution in [0.4, 0.5) is 5.13 Å². The number of amides is 1. The highest BCUT2D eigenvalue weighted by Crippen LogP contribution is 2.30. The zero-order chi connectivity index (χ0) is 21.0. The highest BCUT2D eigenvalue weighted by Gasteiger charge is 2.27. The van der Waals surface area contributed by atoms with Gasteiger partial charge in [0.15, 0.2) is 0 Å². The van der Waals surface area contributed by atoms with Crippen molar-refractivity contribution in [3.63, 3.8) is 0 Å². The van der Waals surface area contributed by atoms with E-state index in [0.29, 0.717) is 0 Å². The fourth-order valence-electron chi connectivity index (χ4n) is 3.71. The highest BCUT2D eigenvalue weighted by atomic mass is 32.1. The summed E-state index contributed by atoms with van der Waals surface area (Å²) in [6.45, 7) is 16.6. The molecule has 3 heterocycles. The Morgan fingerprint density at radius 2 is 1.97 bits per heavy atom. The van der Waals surface area contributed by atoms with Crippen LogP contribution in [0.5, 0.6) is 0 Å². The zero-order valence-electron chi connectivity index (χ0n) is 18.6. The molecule has 2 aromatic heterocycles. The summed E-state index contributed by atoms with van der Waals surface area (Å²) >= 11 is 1.64. The van der Waals surface area contributed by atoms with Gasteiger partial charge < -0.3 is 15.1 Å². The third-order valence-corrected chi connectivity index (χ3v) is 6.77. The zero-order valence-corrected chi connectivity index (χ0v) is 19.4. The molecule has 0 unspecified atom stereocenters. The van der Waals surface area contributed by atoms with Crippen molar-refractivity contribution in [2.45, 2.75) is 59.3 Å². The fraction of sp³-hybridized carbons (Fsp3) is 0.762. The maximum Gasteiger partial charge on any atom is 0.223 e. The first-order valence-electron chi connectivity index (χ1n) is 10.9. The Bertz CT molecular complexity index is 764. The molecule has 2 aromatic rings. The molecule has 1 aliphatic rings. The van der Waals surface area contributed by atoms with E-state index >= 15 is 0 Å². The van der Waals surface area contributed by atoms with Gasteiger partial charge in [0.2, 0.25) is 16.0 Å². The molecule has 7 nitrogen and oxygen atoms in total. The van der Waals surface area contributed by atoms with Crippen molar-refractivity contribution in [1.29, 1.82) is 0 Å². The monoisotopic (exact) mass is 420 g/mol. The molecule has 162 valence electrons. The quantitative estimate of drug-likeness (QED) is 0.665. The maximum atomic E-state index is 12.5. The van der Waals surface area contributed by atoms with Gasteiger partial charge in [-0.05, 0) is 38.9 Å². The Kier molecular flexibility index (Phi) is 7.16. The molecule has 0 bridgehead atoms. The number of nitrogens with one attached hydrogen (secondary N) is 1. The van der Waals surface area contributed by atoms with Gasteiger partial charge in [-0.1, -0.05) is 46.0 Å². The number of hydrogen-bond acceptors (Lipinski definition) is 6. The predicted molar refractivity (Wildman–Crippen MR) is 120 cm³/mol. The third kappa shape index (κ3) is 5.48. The van der Waals surface area contributed by atoms with Crippen molar-refractivity contribution in [1.82, 2.24) is 24.8 Å². The van der Waals surface area contributed by atoms with Crippen LogP contribution in [0.1, 0.15) is 59.6 Å². The van der Waals surface area contributed by atoms with Gasteiger partial charge in [-0.3, -0.25) is 4.79 Å². The van der Waals surface area contributed by atoms with E-state index < -0.39 is 0 Å². The van der Waals surface area contributed by atoms with Gasteiger partial charge in [-0.25, -0.2) is 9.50 Å². The number of nitrogens with zero attached hydrogens (tertiary/aromatic N) is 5. The summed E-state index contributed by atoms with van der Waals surface area (Å²) in [5.74, 6) is 0.337. The average Bonchev–Trinajstić information content (AvgIpc) is 3.27. The first kappa shape index (κ1) is 22.0. The fourth-order valence-corrected chi connectivity index (χ4v) is 4.64. The minimum atomic E-state index is 0.0324. The van der Waals surface area contributed by atoms with E-state index in [2.05, 4.69) is 49.7 Å². The van der Waals surface area contributed by atoms with Crippen molar-refractivity contribution in [3.05, 3.63) is 11.9 Å². The van der Waals surface area contributed by atoms with Crippen molar-refractivity contribution in [2.75, 3.05) is 44.2 Å². The highest BCUT2D eigenvalue weighted by molar-refractivity contribution is 7.20. The number of carbonyl (C=O) groups excluding carboxylic acids is 1. The number of rotatable bonds is 8. The lowest BCUT2D eigenvalue weighted by molar-refractivity contribution is -0.125. The second-order valence-electron chi connectivity index (χ2n) is 8.92. The van der Waals surface area contributed by atoms with Crippen molar-refractivity contribution in [3.8, 4) is 0 Å². The lowest BCUT2D eigenvalue weighted by atomic mass is 9.93. The molecular weight excluding hydrogens is 384 g/mol. The van der Waals surface area contributed by atoms with Crippen LogP contribution in [-0.2, 0) is 10.2 Å². The third-order valence-electron chi connectivity index (χ3n) is 5.78. The van der Waals surface area contributed by atoms with Gasteiger partial charge in [0.05, 0.1) is 11.9 Å². The predicted octanol–water partition coefficient (Wildman–Crippen LogP) is 3.15. The topological polar surface area (TPSA) is 65.8 Å². The van der Waals surface area contributed by atoms with E-state index in [0.717, 1.165) is 74.3 Å². The molecule has 1 saturated heterocycles. The van der Waals surface area contributed by atoms with Crippen LogP contribution in [0, 0.1) is 5.92 Å². The molecule has 8 heteroatoms. The smallest absolute Gasteiger partial charge is 0.223 e. The number of hydrogen-bond donors (Lipinski definition) is 1. The van der Waals surface area contributed by atoms with Crippen molar-refractivity contribution in [2.24, 2.45) is 5.92 Å². The number of aromatic nitrogens is 3. The van der Waals surface area contributed by atoms with Gasteiger partial charge in [-0.2, -0.15) is 0 Å². The lowest BCUT2D eigenvalue weighted by Gasteiger charge is -2.30. The van der Waals surface area contributed by atoms with Gasteiger partial charge in [0, 0.05) is 31.0 Å². The van der Waals surface area contributed by atoms with Gasteiger partial charge in [0.25, 0.3) is 0 Å². The number of piperidine rings is 1. The summed E-state index contributed by atoms with van der Waals surface area (Å²) in [6.07, 6.45) is 4.82. The molecule has 1 aliphatic heterocycles. The largest absolute Gasteiger partial charge is 0.356 e. The minimum absolute atomic E-state index is 0.0324. The lowest BCUT2D eigenvalue weighted by Crippen LogP contribution is -2.41. The molecule has 0 radical (unpaired) electrons. The number of anilines is 1. The summed E-state index contributed by atoms with van der Waals surface area (Å²) in [7, 11) is 0. The first-order valence-corrected chi connectivity index (χ1v) is 11.7. The summed E-state index contributed by atoms with van der Waals surface area (Å²) in [5, 5.41) is 8.87. The Labute approximate surface area is 178 Å². The van der Waals surface area contributed by atoms with E-state index in [1.165, 1.54) is 0 Å². The van der Waals surface area contributed by atoms with Gasteiger partial charge in [0.1, 0.15) is 0 Å². The van der Waals surface area contributed by atoms with E-state index in [1.807, 2.05) is 10.7 Å². The maximum absolute atomic E-state index is 12.5. The Morgan fingerprint density at radius 3 is 2.55 bits per heavy atom. The molecular formula is C21H36N6OS. The molecule has 0 spiro atoms. The van der Waals surface area contributed by atoms with E-state index in [9.17, 15) is 4.79 Å². The molecule has 0 aliphatic carbocycles. The second kappa shape index (κ2) is 9.43. The van der Waals surface area contributed by atoms with Crippen LogP contribution in [0.3, 0.4) is 0 Å². The summed E-state index contributed by atoms with van der Waals surface area (Å²) in [5.41, 5.74) is 1.10. The second-order valence-corrected chi connectivity index (χ2v) is 9.86.